The highest BCUT2D eigenvalue weighted by molar-refractivity contribution is 8.00. The van der Waals surface area contributed by atoms with Crippen LogP contribution in [0.3, 0.4) is 0 Å². The summed E-state index contributed by atoms with van der Waals surface area (Å²) in [7, 11) is 0. The zero-order valence-corrected chi connectivity index (χ0v) is 16.8. The second-order valence-corrected chi connectivity index (χ2v) is 8.31. The fraction of sp³-hybridized carbons (Fsp3) is 0.364. The van der Waals surface area contributed by atoms with Gasteiger partial charge in [0.15, 0.2) is 0 Å². The van der Waals surface area contributed by atoms with Crippen LogP contribution in [0.1, 0.15) is 24.4 Å². The van der Waals surface area contributed by atoms with Gasteiger partial charge in [-0.2, -0.15) is 0 Å². The molecule has 2 fully saturated rings. The highest BCUT2D eigenvalue weighted by Gasteiger charge is 2.40. The first kappa shape index (κ1) is 19.8. The summed E-state index contributed by atoms with van der Waals surface area (Å²) in [6.45, 7) is 1.62. The Morgan fingerprint density at radius 3 is 2.45 bits per heavy atom. The van der Waals surface area contributed by atoms with Crippen molar-refractivity contribution in [2.75, 3.05) is 25.4 Å². The molecule has 2 aromatic rings. The Hall–Kier alpha value is -2.54. The summed E-state index contributed by atoms with van der Waals surface area (Å²) in [6.07, 6.45) is 1.21. The molecule has 2 aliphatic rings. The summed E-state index contributed by atoms with van der Waals surface area (Å²) >= 11 is 1.41. The van der Waals surface area contributed by atoms with Crippen molar-refractivity contribution in [1.29, 1.82) is 0 Å². The first-order valence-corrected chi connectivity index (χ1v) is 10.8. The fourth-order valence-corrected chi connectivity index (χ4v) is 4.73. The predicted molar refractivity (Wildman–Crippen MR) is 109 cm³/mol. The number of halogens is 1. The minimum atomic E-state index is -0.281. The number of amides is 2. The SMILES string of the molecule is O=C(CSc1ccc(F)cc1)N1CCC(N2C(=O)OCC2c2ccccc2)CC1. The predicted octanol–water partition coefficient (Wildman–Crippen LogP) is 4.10. The minimum absolute atomic E-state index is 0.0648. The lowest BCUT2D eigenvalue weighted by Crippen LogP contribution is -2.48. The van der Waals surface area contributed by atoms with Gasteiger partial charge in [-0.05, 0) is 42.7 Å². The Kier molecular flexibility index (Phi) is 6.04. The average Bonchev–Trinajstić information content (AvgIpc) is 3.15. The van der Waals surface area contributed by atoms with E-state index in [1.807, 2.05) is 40.1 Å². The van der Waals surface area contributed by atoms with Gasteiger partial charge in [0.25, 0.3) is 0 Å². The molecule has 5 nitrogen and oxygen atoms in total. The van der Waals surface area contributed by atoms with Gasteiger partial charge in [-0.3, -0.25) is 9.69 Å². The second-order valence-electron chi connectivity index (χ2n) is 7.27. The molecule has 1 atom stereocenters. The third kappa shape index (κ3) is 4.56. The molecule has 0 radical (unpaired) electrons. The number of nitrogens with zero attached hydrogens (tertiary/aromatic N) is 2. The molecule has 2 aromatic carbocycles. The molecule has 0 saturated carbocycles. The van der Waals surface area contributed by atoms with E-state index in [9.17, 15) is 14.0 Å². The largest absolute Gasteiger partial charge is 0.447 e. The lowest BCUT2D eigenvalue weighted by molar-refractivity contribution is -0.129. The van der Waals surface area contributed by atoms with Crippen LogP contribution < -0.4 is 0 Å². The lowest BCUT2D eigenvalue weighted by Gasteiger charge is -2.38. The third-order valence-electron chi connectivity index (χ3n) is 5.48. The zero-order chi connectivity index (χ0) is 20.2. The van der Waals surface area contributed by atoms with E-state index in [1.54, 1.807) is 12.1 Å². The van der Waals surface area contributed by atoms with E-state index in [0.29, 0.717) is 25.4 Å². The standard InChI is InChI=1S/C22H23FN2O3S/c23-17-6-8-19(9-7-17)29-15-21(26)24-12-10-18(11-13-24)25-20(14-28-22(25)27)16-4-2-1-3-5-16/h1-9,18,20H,10-15H2. The van der Waals surface area contributed by atoms with Crippen LogP contribution in [0.4, 0.5) is 9.18 Å². The number of hydrogen-bond acceptors (Lipinski definition) is 4. The Balaban J connectivity index is 1.32. The van der Waals surface area contributed by atoms with Gasteiger partial charge in [-0.25, -0.2) is 9.18 Å². The summed E-state index contributed by atoms with van der Waals surface area (Å²) in [5.41, 5.74) is 1.08. The van der Waals surface area contributed by atoms with Crippen LogP contribution in [-0.4, -0.2) is 53.3 Å². The molecule has 2 heterocycles. The Labute approximate surface area is 173 Å². The molecule has 29 heavy (non-hydrogen) atoms. The van der Waals surface area contributed by atoms with Crippen molar-refractivity contribution in [3.05, 3.63) is 66.0 Å². The molecule has 0 aliphatic carbocycles. The second kappa shape index (κ2) is 8.86. The van der Waals surface area contributed by atoms with Gasteiger partial charge in [0.05, 0.1) is 11.8 Å². The molecule has 4 rings (SSSR count). The average molecular weight is 415 g/mol. The molecular formula is C22H23FN2O3S. The van der Waals surface area contributed by atoms with Gasteiger partial charge >= 0.3 is 6.09 Å². The van der Waals surface area contributed by atoms with Crippen LogP contribution in [0.15, 0.2) is 59.5 Å². The van der Waals surface area contributed by atoms with Crippen LogP contribution >= 0.6 is 11.8 Å². The first-order valence-electron chi connectivity index (χ1n) is 9.78. The summed E-state index contributed by atoms with van der Waals surface area (Å²) in [5.74, 6) is 0.118. The molecule has 2 aliphatic heterocycles. The summed E-state index contributed by atoms with van der Waals surface area (Å²) in [4.78, 5) is 29.5. The third-order valence-corrected chi connectivity index (χ3v) is 6.48. The summed E-state index contributed by atoms with van der Waals surface area (Å²) < 4.78 is 18.3. The number of likely N-dealkylation sites (tertiary alicyclic amines) is 1. The molecule has 152 valence electrons. The van der Waals surface area contributed by atoms with Crippen molar-refractivity contribution in [2.45, 2.75) is 29.8 Å². The van der Waals surface area contributed by atoms with Crippen LogP contribution in [0.2, 0.25) is 0 Å². The van der Waals surface area contributed by atoms with Crippen molar-refractivity contribution in [2.24, 2.45) is 0 Å². The maximum absolute atomic E-state index is 13.0. The van der Waals surface area contributed by atoms with E-state index >= 15 is 0 Å². The topological polar surface area (TPSA) is 49.9 Å². The van der Waals surface area contributed by atoms with E-state index in [1.165, 1.54) is 23.9 Å². The minimum Gasteiger partial charge on any atom is -0.447 e. The highest BCUT2D eigenvalue weighted by atomic mass is 32.2. The number of piperidine rings is 1. The van der Waals surface area contributed by atoms with Gasteiger partial charge in [0.2, 0.25) is 5.91 Å². The van der Waals surface area contributed by atoms with Crippen LogP contribution in [0.5, 0.6) is 0 Å². The van der Waals surface area contributed by atoms with Crippen LogP contribution in [0.25, 0.3) is 0 Å². The van der Waals surface area contributed by atoms with Crippen LogP contribution in [-0.2, 0) is 9.53 Å². The normalized spacial score (nSPS) is 20.0. The van der Waals surface area contributed by atoms with E-state index in [-0.39, 0.29) is 29.9 Å². The lowest BCUT2D eigenvalue weighted by atomic mass is 9.99. The fourth-order valence-electron chi connectivity index (χ4n) is 3.93. The number of ether oxygens (including phenoxy) is 1. The van der Waals surface area contributed by atoms with Crippen molar-refractivity contribution in [3.8, 4) is 0 Å². The molecule has 0 spiro atoms. The van der Waals surface area contributed by atoms with E-state index in [4.69, 9.17) is 4.74 Å². The smallest absolute Gasteiger partial charge is 0.410 e. The summed E-state index contributed by atoms with van der Waals surface area (Å²) in [6, 6.07) is 16.1. The number of hydrogen-bond donors (Lipinski definition) is 0. The van der Waals surface area contributed by atoms with Gasteiger partial charge in [-0.1, -0.05) is 30.3 Å². The molecule has 2 amide bonds. The molecule has 0 N–H and O–H groups in total. The summed E-state index contributed by atoms with van der Waals surface area (Å²) in [5, 5.41) is 0. The molecule has 7 heteroatoms. The Morgan fingerprint density at radius 2 is 1.76 bits per heavy atom. The number of cyclic esters (lactones) is 1. The van der Waals surface area contributed by atoms with Crippen molar-refractivity contribution in [3.63, 3.8) is 0 Å². The van der Waals surface area contributed by atoms with Crippen LogP contribution in [0, 0.1) is 5.82 Å². The van der Waals surface area contributed by atoms with Gasteiger partial charge in [0.1, 0.15) is 12.4 Å². The van der Waals surface area contributed by atoms with E-state index in [2.05, 4.69) is 0 Å². The maximum Gasteiger partial charge on any atom is 0.410 e. The van der Waals surface area contributed by atoms with Gasteiger partial charge < -0.3 is 9.64 Å². The molecule has 1 unspecified atom stereocenters. The van der Waals surface area contributed by atoms with Gasteiger partial charge in [0, 0.05) is 24.0 Å². The molecular weight excluding hydrogens is 391 g/mol. The van der Waals surface area contributed by atoms with Crippen molar-refractivity contribution in [1.82, 2.24) is 9.80 Å². The number of thioether (sulfide) groups is 1. The van der Waals surface area contributed by atoms with E-state index < -0.39 is 0 Å². The number of carbonyl (C=O) groups is 2. The van der Waals surface area contributed by atoms with Gasteiger partial charge in [-0.15, -0.1) is 11.8 Å². The van der Waals surface area contributed by atoms with E-state index in [0.717, 1.165) is 23.3 Å². The maximum atomic E-state index is 13.0. The first-order chi connectivity index (χ1) is 14.1. The molecule has 0 aromatic heterocycles. The van der Waals surface area contributed by atoms with Crippen molar-refractivity contribution < 1.29 is 18.7 Å². The quantitative estimate of drug-likeness (QED) is 0.691. The monoisotopic (exact) mass is 414 g/mol. The molecule has 2 saturated heterocycles. The van der Waals surface area contributed by atoms with Crippen molar-refractivity contribution >= 4 is 23.8 Å². The highest BCUT2D eigenvalue weighted by Crippen LogP contribution is 2.33. The number of carbonyl (C=O) groups excluding carboxylic acids is 2. The molecule has 0 bridgehead atoms. The Morgan fingerprint density at radius 1 is 1.07 bits per heavy atom. The zero-order valence-electron chi connectivity index (χ0n) is 16.0. The number of rotatable bonds is 5. The number of benzene rings is 2. The Bertz CT molecular complexity index is 854.